The SMILES string of the molecule is CCC1(OC(=O)N[C@@H](CC/C=C/C(=O)N(C)C)C(=O)Nc2cccn(Cc3nc4c(CC(C)(C)C)cccc4[nH]3)c2=O)CCOC1. The van der Waals surface area contributed by atoms with E-state index in [1.165, 1.54) is 21.6 Å². The van der Waals surface area contributed by atoms with Gasteiger partial charge in [-0.15, -0.1) is 0 Å². The average molecular weight is 635 g/mol. The number of hydrogen-bond donors (Lipinski definition) is 3. The number of amides is 3. The molecule has 0 radical (unpaired) electrons. The second-order valence-electron chi connectivity index (χ2n) is 13.2. The Morgan fingerprint density at radius 1 is 1.22 bits per heavy atom. The number of alkyl carbamates (subject to hydrolysis) is 1. The van der Waals surface area contributed by atoms with Crippen molar-refractivity contribution < 1.29 is 23.9 Å². The van der Waals surface area contributed by atoms with E-state index in [1.54, 1.807) is 32.4 Å². The fraction of sp³-hybridized carbons (Fsp3) is 0.500. The van der Waals surface area contributed by atoms with E-state index in [0.717, 1.165) is 23.0 Å². The zero-order valence-electron chi connectivity index (χ0n) is 27.6. The molecule has 1 saturated heterocycles. The number of benzene rings is 1. The molecule has 3 N–H and O–H groups in total. The molecule has 2 atom stereocenters. The molecule has 1 unspecified atom stereocenters. The second kappa shape index (κ2) is 14.8. The van der Waals surface area contributed by atoms with Crippen LogP contribution in [0.2, 0.25) is 0 Å². The molecule has 3 aromatic rings. The molecule has 248 valence electrons. The van der Waals surface area contributed by atoms with E-state index in [0.29, 0.717) is 31.7 Å². The number of nitrogens with zero attached hydrogens (tertiary/aromatic N) is 3. The van der Waals surface area contributed by atoms with E-state index in [9.17, 15) is 19.2 Å². The fourth-order valence-corrected chi connectivity index (χ4v) is 5.32. The summed E-state index contributed by atoms with van der Waals surface area (Å²) < 4.78 is 12.6. The number of hydrogen-bond acceptors (Lipinski definition) is 7. The Labute approximate surface area is 269 Å². The summed E-state index contributed by atoms with van der Waals surface area (Å²) in [4.78, 5) is 61.4. The van der Waals surface area contributed by atoms with Crippen molar-refractivity contribution >= 4 is 34.6 Å². The van der Waals surface area contributed by atoms with Crippen LogP contribution in [0.1, 0.15) is 64.8 Å². The van der Waals surface area contributed by atoms with Crippen LogP contribution in [0.3, 0.4) is 0 Å². The van der Waals surface area contributed by atoms with Crippen LogP contribution in [0.25, 0.3) is 11.0 Å². The molecule has 0 aliphatic carbocycles. The van der Waals surface area contributed by atoms with Crippen molar-refractivity contribution in [2.45, 2.75) is 78.0 Å². The summed E-state index contributed by atoms with van der Waals surface area (Å²) in [5.41, 5.74) is 1.88. The maximum absolute atomic E-state index is 13.5. The van der Waals surface area contributed by atoms with E-state index >= 15 is 0 Å². The molecule has 3 heterocycles. The largest absolute Gasteiger partial charge is 0.440 e. The molecule has 4 rings (SSSR count). The van der Waals surface area contributed by atoms with Crippen molar-refractivity contribution in [1.29, 1.82) is 0 Å². The number of allylic oxidation sites excluding steroid dienone is 1. The number of likely N-dealkylation sites (N-methyl/N-ethyl adjacent to an activating group) is 1. The van der Waals surface area contributed by atoms with E-state index in [1.807, 2.05) is 19.1 Å². The molecule has 2 aromatic heterocycles. The summed E-state index contributed by atoms with van der Waals surface area (Å²) >= 11 is 0. The zero-order chi connectivity index (χ0) is 33.5. The first-order valence-corrected chi connectivity index (χ1v) is 15.7. The first-order valence-electron chi connectivity index (χ1n) is 15.7. The standard InChI is InChI=1S/C34H46N6O6/c1-7-34(17-19-45-22-34)46-32(44)37-25(13-8-9-16-28(41)39(5)6)30(42)36-26-15-11-18-40(31(26)43)21-27-35-24-14-10-12-23(29(24)38-27)20-33(2,3)4/h9-12,14-16,18,25H,7-8,13,17,19-22H2,1-6H3,(H,35,38)(H,36,42)(H,37,44)/b16-9+/t25-,34?/m0/s1. The van der Waals surface area contributed by atoms with Gasteiger partial charge in [0.15, 0.2) is 0 Å². The van der Waals surface area contributed by atoms with Gasteiger partial charge in [0.1, 0.15) is 23.2 Å². The Balaban J connectivity index is 1.50. The van der Waals surface area contributed by atoms with Gasteiger partial charge in [0, 0.05) is 26.7 Å². The molecule has 1 aliphatic heterocycles. The van der Waals surface area contributed by atoms with Gasteiger partial charge in [0.05, 0.1) is 30.8 Å². The predicted molar refractivity (Wildman–Crippen MR) is 177 cm³/mol. The third-order valence-electron chi connectivity index (χ3n) is 7.92. The number of H-pyrrole nitrogens is 1. The summed E-state index contributed by atoms with van der Waals surface area (Å²) in [5, 5.41) is 5.35. The highest BCUT2D eigenvalue weighted by Crippen LogP contribution is 2.27. The number of rotatable bonds is 12. The lowest BCUT2D eigenvalue weighted by Crippen LogP contribution is -2.48. The van der Waals surface area contributed by atoms with Crippen molar-refractivity contribution in [2.75, 3.05) is 32.6 Å². The summed E-state index contributed by atoms with van der Waals surface area (Å²) in [6.07, 6.45) is 6.42. The Morgan fingerprint density at radius 2 is 2.00 bits per heavy atom. The van der Waals surface area contributed by atoms with Gasteiger partial charge in [-0.1, -0.05) is 45.9 Å². The molecule has 46 heavy (non-hydrogen) atoms. The minimum absolute atomic E-state index is 0.0600. The smallest absolute Gasteiger partial charge is 0.408 e. The average Bonchev–Trinajstić information content (AvgIpc) is 3.63. The summed E-state index contributed by atoms with van der Waals surface area (Å²) in [5.74, 6) is -0.161. The molecule has 3 amide bonds. The van der Waals surface area contributed by atoms with Gasteiger partial charge in [-0.3, -0.25) is 14.4 Å². The van der Waals surface area contributed by atoms with E-state index < -0.39 is 29.2 Å². The number of carbonyl (C=O) groups excluding carboxylic acids is 3. The van der Waals surface area contributed by atoms with Gasteiger partial charge >= 0.3 is 6.09 Å². The normalized spacial score (nSPS) is 17.3. The Bertz CT molecular complexity index is 1630. The highest BCUT2D eigenvalue weighted by atomic mass is 16.6. The minimum Gasteiger partial charge on any atom is -0.440 e. The molecule has 0 saturated carbocycles. The van der Waals surface area contributed by atoms with Gasteiger partial charge in [-0.25, -0.2) is 9.78 Å². The Morgan fingerprint density at radius 3 is 2.67 bits per heavy atom. The minimum atomic E-state index is -1.03. The summed E-state index contributed by atoms with van der Waals surface area (Å²) in [7, 11) is 3.28. The number of carbonyl (C=O) groups is 3. The van der Waals surface area contributed by atoms with Crippen molar-refractivity contribution in [3.8, 4) is 0 Å². The molecule has 1 aromatic carbocycles. The van der Waals surface area contributed by atoms with Crippen LogP contribution in [0.4, 0.5) is 10.5 Å². The number of para-hydroxylation sites is 1. The summed E-state index contributed by atoms with van der Waals surface area (Å²) in [6.45, 7) is 9.39. The van der Waals surface area contributed by atoms with Crippen molar-refractivity contribution in [2.24, 2.45) is 5.41 Å². The molecular weight excluding hydrogens is 588 g/mol. The lowest BCUT2D eigenvalue weighted by atomic mass is 9.88. The third-order valence-corrected chi connectivity index (χ3v) is 7.92. The van der Waals surface area contributed by atoms with Crippen molar-refractivity contribution in [3.63, 3.8) is 0 Å². The van der Waals surface area contributed by atoms with Crippen LogP contribution in [0.5, 0.6) is 0 Å². The van der Waals surface area contributed by atoms with Gasteiger partial charge in [0.25, 0.3) is 5.56 Å². The van der Waals surface area contributed by atoms with Gasteiger partial charge in [-0.05, 0) is 60.9 Å². The van der Waals surface area contributed by atoms with Crippen LogP contribution in [-0.2, 0) is 32.0 Å². The maximum Gasteiger partial charge on any atom is 0.408 e. The Kier molecular flexibility index (Phi) is 11.0. The highest BCUT2D eigenvalue weighted by Gasteiger charge is 2.38. The number of pyridine rings is 1. The monoisotopic (exact) mass is 634 g/mol. The maximum atomic E-state index is 13.5. The quantitative estimate of drug-likeness (QED) is 0.250. The Hall–Kier alpha value is -4.45. The number of imidazole rings is 1. The van der Waals surface area contributed by atoms with E-state index in [-0.39, 0.29) is 36.6 Å². The van der Waals surface area contributed by atoms with Crippen molar-refractivity contribution in [1.82, 2.24) is 24.8 Å². The fourth-order valence-electron chi connectivity index (χ4n) is 5.32. The number of fused-ring (bicyclic) bond motifs is 1. The number of aromatic nitrogens is 3. The van der Waals surface area contributed by atoms with Crippen LogP contribution in [-0.4, -0.2) is 76.3 Å². The van der Waals surface area contributed by atoms with Crippen LogP contribution < -0.4 is 16.2 Å². The first kappa shape index (κ1) is 34.4. The van der Waals surface area contributed by atoms with Crippen molar-refractivity contribution in [3.05, 3.63) is 70.4 Å². The van der Waals surface area contributed by atoms with Gasteiger partial charge in [0.2, 0.25) is 11.8 Å². The molecule has 12 heteroatoms. The molecule has 1 aliphatic rings. The molecule has 12 nitrogen and oxygen atoms in total. The van der Waals surface area contributed by atoms with Crippen LogP contribution in [0.15, 0.2) is 53.5 Å². The lowest BCUT2D eigenvalue weighted by Gasteiger charge is -2.27. The van der Waals surface area contributed by atoms with Gasteiger partial charge < -0.3 is 34.6 Å². The molecular formula is C34H46N6O6. The number of nitrogens with one attached hydrogen (secondary N) is 3. The zero-order valence-corrected chi connectivity index (χ0v) is 27.6. The number of anilines is 1. The molecule has 0 spiro atoms. The third kappa shape index (κ3) is 9.06. The number of aromatic amines is 1. The van der Waals surface area contributed by atoms with Crippen LogP contribution in [0, 0.1) is 5.41 Å². The van der Waals surface area contributed by atoms with E-state index in [4.69, 9.17) is 14.5 Å². The number of ether oxygens (including phenoxy) is 2. The van der Waals surface area contributed by atoms with E-state index in [2.05, 4.69) is 42.5 Å². The van der Waals surface area contributed by atoms with Crippen LogP contribution >= 0.6 is 0 Å². The lowest BCUT2D eigenvalue weighted by molar-refractivity contribution is -0.123. The first-order chi connectivity index (χ1) is 21.8. The topological polar surface area (TPSA) is 148 Å². The molecule has 1 fully saturated rings. The highest BCUT2D eigenvalue weighted by molar-refractivity contribution is 5.96. The van der Waals surface area contributed by atoms with Gasteiger partial charge in [-0.2, -0.15) is 0 Å². The predicted octanol–water partition coefficient (Wildman–Crippen LogP) is 4.39. The molecule has 0 bridgehead atoms. The summed E-state index contributed by atoms with van der Waals surface area (Å²) in [6, 6.07) is 8.18. The second-order valence-corrected chi connectivity index (χ2v) is 13.2.